The van der Waals surface area contributed by atoms with Gasteiger partial charge in [0.05, 0.1) is 0 Å². The molecule has 0 amide bonds. The molecule has 0 radical (unpaired) electrons. The number of benzene rings is 1. The summed E-state index contributed by atoms with van der Waals surface area (Å²) < 4.78 is 0. The van der Waals surface area contributed by atoms with Gasteiger partial charge in [-0.2, -0.15) is 0 Å². The Labute approximate surface area is 79.4 Å². The Hall–Kier alpha value is -1.02. The molecule has 0 bridgehead atoms. The van der Waals surface area contributed by atoms with Crippen molar-refractivity contribution in [3.63, 3.8) is 0 Å². The van der Waals surface area contributed by atoms with Crippen LogP contribution < -0.4 is 5.73 Å². The molecule has 3 N–H and O–H groups in total. The van der Waals surface area contributed by atoms with Crippen LogP contribution in [-0.4, -0.2) is 11.7 Å². The summed E-state index contributed by atoms with van der Waals surface area (Å²) in [4.78, 5) is 0. The predicted octanol–water partition coefficient (Wildman–Crippen LogP) is 1.76. The number of phenolic OH excluding ortho intramolecular Hbond substituents is 1. The molecule has 0 fully saturated rings. The van der Waals surface area contributed by atoms with Crippen LogP contribution in [0.2, 0.25) is 0 Å². The average molecular weight is 179 g/mol. The molecule has 0 heterocycles. The van der Waals surface area contributed by atoms with Gasteiger partial charge in [0.25, 0.3) is 0 Å². The maximum atomic E-state index is 9.55. The van der Waals surface area contributed by atoms with Gasteiger partial charge in [-0.05, 0) is 49.1 Å². The molecule has 0 aliphatic rings. The highest BCUT2D eigenvalue weighted by Gasteiger charge is 2.04. The van der Waals surface area contributed by atoms with E-state index >= 15 is 0 Å². The van der Waals surface area contributed by atoms with Gasteiger partial charge in [0.15, 0.2) is 0 Å². The summed E-state index contributed by atoms with van der Waals surface area (Å²) in [6.45, 7) is 4.70. The first-order valence-electron chi connectivity index (χ1n) is 4.70. The summed E-state index contributed by atoms with van der Waals surface area (Å²) in [6.07, 6.45) is 1.75. The lowest BCUT2D eigenvalue weighted by Crippen LogP contribution is -2.04. The third-order valence-corrected chi connectivity index (χ3v) is 2.33. The molecule has 13 heavy (non-hydrogen) atoms. The molecule has 0 spiro atoms. The lowest BCUT2D eigenvalue weighted by Gasteiger charge is -2.08. The maximum Gasteiger partial charge on any atom is 0.119 e. The molecular formula is C11H17NO. The van der Waals surface area contributed by atoms with Crippen molar-refractivity contribution in [3.8, 4) is 5.75 Å². The van der Waals surface area contributed by atoms with Gasteiger partial charge in [-0.1, -0.05) is 13.0 Å². The Kier molecular flexibility index (Phi) is 3.32. The van der Waals surface area contributed by atoms with Crippen molar-refractivity contribution < 1.29 is 5.11 Å². The molecule has 0 saturated carbocycles. The molecule has 0 aliphatic carbocycles. The molecule has 2 nitrogen and oxygen atoms in total. The van der Waals surface area contributed by atoms with Crippen molar-refractivity contribution in [1.82, 2.24) is 0 Å². The molecule has 1 aromatic carbocycles. The Morgan fingerprint density at radius 1 is 1.31 bits per heavy atom. The van der Waals surface area contributed by atoms with Crippen LogP contribution in [0.15, 0.2) is 12.1 Å². The molecule has 2 heteroatoms. The van der Waals surface area contributed by atoms with Crippen LogP contribution in [0.25, 0.3) is 0 Å². The molecule has 0 aromatic heterocycles. The highest BCUT2D eigenvalue weighted by molar-refractivity contribution is 5.41. The summed E-state index contributed by atoms with van der Waals surface area (Å²) >= 11 is 0. The number of hydrogen-bond acceptors (Lipinski definition) is 2. The van der Waals surface area contributed by atoms with Gasteiger partial charge in [0.2, 0.25) is 0 Å². The van der Waals surface area contributed by atoms with Crippen LogP contribution in [0.1, 0.15) is 23.6 Å². The fourth-order valence-electron chi connectivity index (χ4n) is 1.50. The molecule has 1 aromatic rings. The van der Waals surface area contributed by atoms with E-state index in [9.17, 15) is 5.11 Å². The zero-order chi connectivity index (χ0) is 9.84. The lowest BCUT2D eigenvalue weighted by molar-refractivity contribution is 0.468. The fraction of sp³-hybridized carbons (Fsp3) is 0.455. The van der Waals surface area contributed by atoms with E-state index < -0.39 is 0 Å². The number of phenols is 1. The van der Waals surface area contributed by atoms with E-state index in [1.54, 1.807) is 0 Å². The molecule has 1 rings (SSSR count). The molecule has 72 valence electrons. The van der Waals surface area contributed by atoms with Crippen LogP contribution in [-0.2, 0) is 12.8 Å². The minimum atomic E-state index is 0.403. The second-order valence-corrected chi connectivity index (χ2v) is 3.30. The van der Waals surface area contributed by atoms with Crippen molar-refractivity contribution in [2.75, 3.05) is 6.54 Å². The van der Waals surface area contributed by atoms with Crippen molar-refractivity contribution in [2.45, 2.75) is 26.7 Å². The fourth-order valence-corrected chi connectivity index (χ4v) is 1.50. The zero-order valence-electron chi connectivity index (χ0n) is 8.30. The summed E-state index contributed by atoms with van der Waals surface area (Å²) in [5, 5.41) is 9.55. The number of hydrogen-bond donors (Lipinski definition) is 2. The average Bonchev–Trinajstić information content (AvgIpc) is 2.10. The summed E-state index contributed by atoms with van der Waals surface area (Å²) in [6, 6.07) is 3.88. The SMILES string of the molecule is CCc1cc(CCN)c(C)cc1O. The Morgan fingerprint density at radius 3 is 2.54 bits per heavy atom. The Bertz CT molecular complexity index is 294. The minimum Gasteiger partial charge on any atom is -0.508 e. The Morgan fingerprint density at radius 2 is 2.00 bits per heavy atom. The van der Waals surface area contributed by atoms with Gasteiger partial charge in [-0.15, -0.1) is 0 Å². The first-order valence-corrected chi connectivity index (χ1v) is 4.70. The maximum absolute atomic E-state index is 9.55. The zero-order valence-corrected chi connectivity index (χ0v) is 8.30. The van der Waals surface area contributed by atoms with Gasteiger partial charge in [0.1, 0.15) is 5.75 Å². The highest BCUT2D eigenvalue weighted by Crippen LogP contribution is 2.22. The van der Waals surface area contributed by atoms with Crippen LogP contribution in [0.3, 0.4) is 0 Å². The quantitative estimate of drug-likeness (QED) is 0.742. The minimum absolute atomic E-state index is 0.403. The van der Waals surface area contributed by atoms with Crippen molar-refractivity contribution in [3.05, 3.63) is 28.8 Å². The van der Waals surface area contributed by atoms with E-state index in [2.05, 4.69) is 6.07 Å². The Balaban J connectivity index is 3.06. The third kappa shape index (κ3) is 2.22. The molecular weight excluding hydrogens is 162 g/mol. The van der Waals surface area contributed by atoms with Crippen LogP contribution in [0.5, 0.6) is 5.75 Å². The molecule has 0 atom stereocenters. The monoisotopic (exact) mass is 179 g/mol. The largest absolute Gasteiger partial charge is 0.508 e. The standard InChI is InChI=1S/C11H17NO/c1-3-9-7-10(4-5-12)8(2)6-11(9)13/h6-7,13H,3-5,12H2,1-2H3. The second-order valence-electron chi connectivity index (χ2n) is 3.30. The van der Waals surface area contributed by atoms with Crippen LogP contribution >= 0.6 is 0 Å². The summed E-state index contributed by atoms with van der Waals surface area (Å²) in [5.41, 5.74) is 8.88. The van der Waals surface area contributed by atoms with Crippen molar-refractivity contribution in [1.29, 1.82) is 0 Å². The van der Waals surface area contributed by atoms with Gasteiger partial charge < -0.3 is 10.8 Å². The predicted molar refractivity (Wildman–Crippen MR) is 55.0 cm³/mol. The second kappa shape index (κ2) is 4.28. The van der Waals surface area contributed by atoms with E-state index in [0.717, 1.165) is 24.0 Å². The van der Waals surface area contributed by atoms with Gasteiger partial charge in [0, 0.05) is 0 Å². The van der Waals surface area contributed by atoms with E-state index in [1.165, 1.54) is 5.56 Å². The van der Waals surface area contributed by atoms with Gasteiger partial charge >= 0.3 is 0 Å². The van der Waals surface area contributed by atoms with E-state index in [4.69, 9.17) is 5.73 Å². The van der Waals surface area contributed by atoms with Gasteiger partial charge in [-0.25, -0.2) is 0 Å². The molecule has 0 unspecified atom stereocenters. The number of rotatable bonds is 3. The molecule has 0 saturated heterocycles. The normalized spacial score (nSPS) is 10.4. The smallest absolute Gasteiger partial charge is 0.119 e. The molecule has 0 aliphatic heterocycles. The third-order valence-electron chi connectivity index (χ3n) is 2.33. The van der Waals surface area contributed by atoms with E-state index in [0.29, 0.717) is 12.3 Å². The van der Waals surface area contributed by atoms with Crippen LogP contribution in [0, 0.1) is 6.92 Å². The van der Waals surface area contributed by atoms with E-state index in [-0.39, 0.29) is 0 Å². The lowest BCUT2D eigenvalue weighted by atomic mass is 10.0. The topological polar surface area (TPSA) is 46.2 Å². The number of nitrogens with two attached hydrogens (primary N) is 1. The summed E-state index contributed by atoms with van der Waals surface area (Å²) in [5.74, 6) is 0.403. The van der Waals surface area contributed by atoms with Gasteiger partial charge in [-0.3, -0.25) is 0 Å². The first-order chi connectivity index (χ1) is 6.19. The number of aromatic hydroxyl groups is 1. The van der Waals surface area contributed by atoms with E-state index in [1.807, 2.05) is 19.9 Å². The summed E-state index contributed by atoms with van der Waals surface area (Å²) in [7, 11) is 0. The van der Waals surface area contributed by atoms with Crippen molar-refractivity contribution >= 4 is 0 Å². The van der Waals surface area contributed by atoms with Crippen LogP contribution in [0.4, 0.5) is 0 Å². The van der Waals surface area contributed by atoms with Crippen molar-refractivity contribution in [2.24, 2.45) is 5.73 Å². The first kappa shape index (κ1) is 10.1. The highest BCUT2D eigenvalue weighted by atomic mass is 16.3. The number of aryl methyl sites for hydroxylation is 2.